The van der Waals surface area contributed by atoms with Crippen LogP contribution in [-0.4, -0.2) is 31.3 Å². The topological polar surface area (TPSA) is 20.3 Å². The summed E-state index contributed by atoms with van der Waals surface area (Å²) in [6.45, 7) is 6.26. The van der Waals surface area contributed by atoms with Gasteiger partial charge in [-0.05, 0) is 20.0 Å². The molecule has 2 heteroatoms. The van der Waals surface area contributed by atoms with Crippen LogP contribution in [0.2, 0.25) is 0 Å². The molecule has 0 aliphatic heterocycles. The monoisotopic (exact) mass is 167 g/mol. The second-order valence-electron chi connectivity index (χ2n) is 4.12. The Morgan fingerprint density at radius 1 is 1.33 bits per heavy atom. The Morgan fingerprint density at radius 3 is 2.17 bits per heavy atom. The van der Waals surface area contributed by atoms with Crippen LogP contribution in [0.1, 0.15) is 20.8 Å². The summed E-state index contributed by atoms with van der Waals surface area (Å²) in [7, 11) is 3.85. The molecule has 2 nitrogen and oxygen atoms in total. The zero-order valence-electron chi connectivity index (χ0n) is 8.56. The fourth-order valence-electron chi connectivity index (χ4n) is 0.465. The zero-order chi connectivity index (χ0) is 9.78. The van der Waals surface area contributed by atoms with Gasteiger partial charge in [0.05, 0.1) is 6.54 Å². The molecule has 0 atom stereocenters. The van der Waals surface area contributed by atoms with Crippen LogP contribution < -0.4 is 0 Å². The molecule has 0 spiro atoms. The summed E-state index contributed by atoms with van der Waals surface area (Å²) >= 11 is 0. The summed E-state index contributed by atoms with van der Waals surface area (Å²) < 4.78 is 0. The van der Waals surface area contributed by atoms with Gasteiger partial charge in [0.2, 0.25) is 5.78 Å². The molecule has 0 saturated carbocycles. The van der Waals surface area contributed by atoms with E-state index in [2.05, 4.69) is 11.8 Å². The maximum Gasteiger partial charge on any atom is 0.210 e. The van der Waals surface area contributed by atoms with E-state index in [1.165, 1.54) is 0 Å². The third-order valence-electron chi connectivity index (χ3n) is 1.28. The van der Waals surface area contributed by atoms with Crippen molar-refractivity contribution in [3.8, 4) is 11.8 Å². The first-order valence-corrected chi connectivity index (χ1v) is 4.02. The lowest BCUT2D eigenvalue weighted by atomic mass is 9.91. The lowest BCUT2D eigenvalue weighted by Crippen LogP contribution is -2.18. The minimum atomic E-state index is -0.334. The van der Waals surface area contributed by atoms with E-state index in [-0.39, 0.29) is 11.2 Å². The highest BCUT2D eigenvalue weighted by Crippen LogP contribution is 2.13. The van der Waals surface area contributed by atoms with Crippen LogP contribution in [0.4, 0.5) is 0 Å². The van der Waals surface area contributed by atoms with Gasteiger partial charge in [-0.1, -0.05) is 26.7 Å². The molecule has 0 unspecified atom stereocenters. The molecule has 68 valence electrons. The van der Waals surface area contributed by atoms with Crippen LogP contribution in [0.5, 0.6) is 0 Å². The van der Waals surface area contributed by atoms with Gasteiger partial charge in [0, 0.05) is 5.41 Å². The average molecular weight is 167 g/mol. The van der Waals surface area contributed by atoms with Crippen molar-refractivity contribution in [2.45, 2.75) is 20.8 Å². The van der Waals surface area contributed by atoms with Gasteiger partial charge in [-0.2, -0.15) is 0 Å². The van der Waals surface area contributed by atoms with Crippen LogP contribution >= 0.6 is 0 Å². The molecule has 0 aromatic heterocycles. The van der Waals surface area contributed by atoms with E-state index >= 15 is 0 Å². The molecule has 0 rings (SSSR count). The summed E-state index contributed by atoms with van der Waals surface area (Å²) in [5, 5.41) is 0. The van der Waals surface area contributed by atoms with Crippen molar-refractivity contribution in [1.82, 2.24) is 4.90 Å². The highest BCUT2D eigenvalue weighted by atomic mass is 16.1. The summed E-state index contributed by atoms with van der Waals surface area (Å²) in [4.78, 5) is 13.2. The standard InChI is InChI=1S/C10H17NO/c1-10(2,3)9(12)7-6-8-11(4)5/h8H2,1-5H3. The maximum absolute atomic E-state index is 11.3. The minimum absolute atomic E-state index is 0.00403. The Balaban J connectivity index is 4.06. The molecule has 12 heavy (non-hydrogen) atoms. The van der Waals surface area contributed by atoms with E-state index < -0.39 is 0 Å². The molecule has 0 amide bonds. The molecule has 0 fully saturated rings. The highest BCUT2D eigenvalue weighted by Gasteiger charge is 2.18. The van der Waals surface area contributed by atoms with E-state index in [0.29, 0.717) is 6.54 Å². The first kappa shape index (κ1) is 11.2. The number of Topliss-reactive ketones (excluding diaryl/α,β-unsaturated/α-hetero) is 1. The van der Waals surface area contributed by atoms with Crippen molar-refractivity contribution < 1.29 is 4.79 Å². The van der Waals surface area contributed by atoms with Crippen LogP contribution in [0.25, 0.3) is 0 Å². The third-order valence-corrected chi connectivity index (χ3v) is 1.28. The lowest BCUT2D eigenvalue weighted by Gasteiger charge is -2.11. The summed E-state index contributed by atoms with van der Waals surface area (Å²) in [5.74, 6) is 5.44. The molecule has 0 N–H and O–H groups in total. The second kappa shape index (κ2) is 4.27. The van der Waals surface area contributed by atoms with E-state index in [4.69, 9.17) is 0 Å². The quantitative estimate of drug-likeness (QED) is 0.431. The maximum atomic E-state index is 11.3. The van der Waals surface area contributed by atoms with E-state index in [1.54, 1.807) is 0 Å². The number of carbonyl (C=O) groups is 1. The third kappa shape index (κ3) is 4.92. The molecule has 0 bridgehead atoms. The van der Waals surface area contributed by atoms with Crippen molar-refractivity contribution in [2.24, 2.45) is 5.41 Å². The lowest BCUT2D eigenvalue weighted by molar-refractivity contribution is -0.120. The largest absolute Gasteiger partial charge is 0.299 e. The van der Waals surface area contributed by atoms with Gasteiger partial charge >= 0.3 is 0 Å². The normalized spacial score (nSPS) is 10.8. The van der Waals surface area contributed by atoms with Crippen LogP contribution in [0.15, 0.2) is 0 Å². The SMILES string of the molecule is CN(C)CC#CC(=O)C(C)(C)C. The van der Waals surface area contributed by atoms with E-state index in [9.17, 15) is 4.79 Å². The summed E-state index contributed by atoms with van der Waals surface area (Å²) in [6.07, 6.45) is 0. The van der Waals surface area contributed by atoms with Gasteiger partial charge < -0.3 is 0 Å². The fourth-order valence-corrected chi connectivity index (χ4v) is 0.465. The van der Waals surface area contributed by atoms with Crippen molar-refractivity contribution in [3.05, 3.63) is 0 Å². The van der Waals surface area contributed by atoms with E-state index in [1.807, 2.05) is 39.8 Å². The minimum Gasteiger partial charge on any atom is -0.299 e. The first-order chi connectivity index (χ1) is 5.34. The summed E-state index contributed by atoms with van der Waals surface area (Å²) in [6, 6.07) is 0. The number of rotatable bonds is 1. The number of nitrogens with zero attached hydrogens (tertiary/aromatic N) is 1. The predicted octanol–water partition coefficient (Wildman–Crippen LogP) is 1.17. The van der Waals surface area contributed by atoms with Crippen molar-refractivity contribution in [2.75, 3.05) is 20.6 Å². The van der Waals surface area contributed by atoms with Crippen molar-refractivity contribution in [3.63, 3.8) is 0 Å². The van der Waals surface area contributed by atoms with Crippen LogP contribution in [0.3, 0.4) is 0 Å². The molecule has 0 heterocycles. The predicted molar refractivity (Wildman–Crippen MR) is 50.8 cm³/mol. The number of ketones is 1. The Bertz CT molecular complexity index is 212. The first-order valence-electron chi connectivity index (χ1n) is 4.02. The molecule has 0 aromatic carbocycles. The number of carbonyl (C=O) groups excluding carboxylic acids is 1. The Kier molecular flexibility index (Phi) is 3.99. The van der Waals surface area contributed by atoms with Gasteiger partial charge in [-0.25, -0.2) is 0 Å². The molecule has 0 aliphatic rings. The van der Waals surface area contributed by atoms with Crippen LogP contribution in [-0.2, 0) is 4.79 Å². The zero-order valence-corrected chi connectivity index (χ0v) is 8.56. The molecule has 0 radical (unpaired) electrons. The average Bonchev–Trinajstić information content (AvgIpc) is 1.84. The summed E-state index contributed by atoms with van der Waals surface area (Å²) in [5.41, 5.74) is -0.334. The molecule has 0 saturated heterocycles. The van der Waals surface area contributed by atoms with Gasteiger partial charge in [0.15, 0.2) is 0 Å². The van der Waals surface area contributed by atoms with E-state index in [0.717, 1.165) is 0 Å². The van der Waals surface area contributed by atoms with Gasteiger partial charge in [-0.15, -0.1) is 0 Å². The Morgan fingerprint density at radius 2 is 1.83 bits per heavy atom. The van der Waals surface area contributed by atoms with Gasteiger partial charge in [0.25, 0.3) is 0 Å². The molecule has 0 aromatic rings. The molecule has 0 aliphatic carbocycles. The fraction of sp³-hybridized carbons (Fsp3) is 0.700. The van der Waals surface area contributed by atoms with Gasteiger partial charge in [-0.3, -0.25) is 9.69 Å². The molecular weight excluding hydrogens is 150 g/mol. The second-order valence-corrected chi connectivity index (χ2v) is 4.12. The highest BCUT2D eigenvalue weighted by molar-refractivity contribution is 5.99. The number of hydrogen-bond donors (Lipinski definition) is 0. The Labute approximate surface area is 74.9 Å². The molecular formula is C10H17NO. The number of hydrogen-bond acceptors (Lipinski definition) is 2. The van der Waals surface area contributed by atoms with Gasteiger partial charge in [0.1, 0.15) is 0 Å². The van der Waals surface area contributed by atoms with Crippen molar-refractivity contribution >= 4 is 5.78 Å². The van der Waals surface area contributed by atoms with Crippen LogP contribution in [0, 0.1) is 17.3 Å². The Hall–Kier alpha value is -0.810. The smallest absolute Gasteiger partial charge is 0.210 e. The van der Waals surface area contributed by atoms with Crippen molar-refractivity contribution in [1.29, 1.82) is 0 Å².